The number of hydrogen-bond donors (Lipinski definition) is 1. The van der Waals surface area contributed by atoms with Gasteiger partial charge in [-0.25, -0.2) is 4.39 Å². The Labute approximate surface area is 97.6 Å². The summed E-state index contributed by atoms with van der Waals surface area (Å²) in [6.45, 7) is 2.23. The van der Waals surface area contributed by atoms with Crippen molar-refractivity contribution in [2.24, 2.45) is 0 Å². The summed E-state index contributed by atoms with van der Waals surface area (Å²) in [5.74, 6) is -0.306. The van der Waals surface area contributed by atoms with Crippen LogP contribution in [-0.4, -0.2) is 9.78 Å². The Kier molecular flexibility index (Phi) is 2.83. The first-order chi connectivity index (χ1) is 7.56. The molecule has 0 aliphatic rings. The average molecular weight is 240 g/mol. The molecular formula is C11H11ClFN3. The molecule has 2 rings (SSSR count). The van der Waals surface area contributed by atoms with Gasteiger partial charge < -0.3 is 5.73 Å². The molecule has 16 heavy (non-hydrogen) atoms. The number of benzene rings is 1. The Morgan fingerprint density at radius 3 is 2.88 bits per heavy atom. The fourth-order valence-electron chi connectivity index (χ4n) is 1.46. The molecule has 0 saturated heterocycles. The number of nitrogens with two attached hydrogens (primary N) is 1. The molecule has 0 radical (unpaired) electrons. The molecule has 1 heterocycles. The van der Waals surface area contributed by atoms with Crippen LogP contribution in [0, 0.1) is 12.7 Å². The van der Waals surface area contributed by atoms with Crippen LogP contribution < -0.4 is 5.73 Å². The molecule has 0 atom stereocenters. The Morgan fingerprint density at radius 2 is 2.25 bits per heavy atom. The van der Waals surface area contributed by atoms with Gasteiger partial charge in [0.15, 0.2) is 0 Å². The van der Waals surface area contributed by atoms with Crippen molar-refractivity contribution in [2.75, 3.05) is 5.73 Å². The van der Waals surface area contributed by atoms with Crippen LogP contribution in [0.25, 0.3) is 0 Å². The highest BCUT2D eigenvalue weighted by Gasteiger charge is 2.05. The van der Waals surface area contributed by atoms with E-state index in [1.807, 2.05) is 6.92 Å². The number of aromatic nitrogens is 2. The molecule has 0 aliphatic heterocycles. The van der Waals surface area contributed by atoms with E-state index in [2.05, 4.69) is 5.10 Å². The summed E-state index contributed by atoms with van der Waals surface area (Å²) < 4.78 is 14.7. The summed E-state index contributed by atoms with van der Waals surface area (Å²) in [7, 11) is 0. The molecule has 0 bridgehead atoms. The second-order valence-corrected chi connectivity index (χ2v) is 4.01. The molecule has 3 nitrogen and oxygen atoms in total. The number of aryl methyl sites for hydroxylation is 1. The molecule has 2 N–H and O–H groups in total. The maximum atomic E-state index is 13.0. The lowest BCUT2D eigenvalue weighted by atomic mass is 10.2. The molecule has 0 spiro atoms. The van der Waals surface area contributed by atoms with Gasteiger partial charge in [-0.1, -0.05) is 11.6 Å². The van der Waals surface area contributed by atoms with Gasteiger partial charge in [0.25, 0.3) is 0 Å². The number of halogens is 2. The SMILES string of the molecule is Cc1nn(Cc2cc(F)ccc2N)cc1Cl. The van der Waals surface area contributed by atoms with E-state index >= 15 is 0 Å². The summed E-state index contributed by atoms with van der Waals surface area (Å²) in [6.07, 6.45) is 1.70. The molecule has 2 aromatic rings. The Morgan fingerprint density at radius 1 is 1.50 bits per heavy atom. The maximum Gasteiger partial charge on any atom is 0.123 e. The molecule has 0 saturated carbocycles. The lowest BCUT2D eigenvalue weighted by Crippen LogP contribution is -2.04. The monoisotopic (exact) mass is 239 g/mol. The van der Waals surface area contributed by atoms with Gasteiger partial charge in [0.2, 0.25) is 0 Å². The topological polar surface area (TPSA) is 43.8 Å². The van der Waals surface area contributed by atoms with Crippen molar-refractivity contribution in [1.82, 2.24) is 9.78 Å². The number of nitrogens with zero attached hydrogens (tertiary/aromatic N) is 2. The summed E-state index contributed by atoms with van der Waals surface area (Å²) >= 11 is 5.88. The summed E-state index contributed by atoms with van der Waals surface area (Å²) in [5, 5.41) is 4.78. The standard InChI is InChI=1S/C11H11ClFN3/c1-7-10(12)6-16(15-7)5-8-4-9(13)2-3-11(8)14/h2-4,6H,5,14H2,1H3. The van der Waals surface area contributed by atoms with Crippen molar-refractivity contribution < 1.29 is 4.39 Å². The minimum absolute atomic E-state index is 0.306. The molecule has 0 amide bonds. The Balaban J connectivity index is 2.29. The summed E-state index contributed by atoms with van der Waals surface area (Å²) in [6, 6.07) is 4.28. The van der Waals surface area contributed by atoms with Crippen LogP contribution in [0.1, 0.15) is 11.3 Å². The first-order valence-corrected chi connectivity index (χ1v) is 5.17. The van der Waals surface area contributed by atoms with Gasteiger partial charge in [0.05, 0.1) is 17.3 Å². The predicted molar refractivity (Wildman–Crippen MR) is 61.9 cm³/mol. The second kappa shape index (κ2) is 4.14. The summed E-state index contributed by atoms with van der Waals surface area (Å²) in [5.41, 5.74) is 7.73. The van der Waals surface area contributed by atoms with E-state index < -0.39 is 0 Å². The van der Waals surface area contributed by atoms with Crippen molar-refractivity contribution in [3.8, 4) is 0 Å². The summed E-state index contributed by atoms with van der Waals surface area (Å²) in [4.78, 5) is 0. The molecule has 0 aliphatic carbocycles. The van der Waals surface area contributed by atoms with E-state index in [0.717, 1.165) is 5.69 Å². The fourth-order valence-corrected chi connectivity index (χ4v) is 1.61. The van der Waals surface area contributed by atoms with E-state index in [-0.39, 0.29) is 5.82 Å². The van der Waals surface area contributed by atoms with Gasteiger partial charge in [0, 0.05) is 11.9 Å². The van der Waals surface area contributed by atoms with Gasteiger partial charge in [-0.05, 0) is 30.7 Å². The van der Waals surface area contributed by atoms with E-state index in [4.69, 9.17) is 17.3 Å². The molecule has 1 aromatic heterocycles. The van der Waals surface area contributed by atoms with Crippen molar-refractivity contribution in [3.05, 3.63) is 46.5 Å². The van der Waals surface area contributed by atoms with E-state index in [1.165, 1.54) is 12.1 Å². The van der Waals surface area contributed by atoms with Gasteiger partial charge in [0.1, 0.15) is 5.82 Å². The number of rotatable bonds is 2. The minimum atomic E-state index is -0.306. The van der Waals surface area contributed by atoms with Gasteiger partial charge in [-0.3, -0.25) is 4.68 Å². The average Bonchev–Trinajstić information content (AvgIpc) is 2.52. The first kappa shape index (κ1) is 11.0. The lowest BCUT2D eigenvalue weighted by molar-refractivity contribution is 0.619. The predicted octanol–water partition coefficient (Wildman–Crippen LogP) is 2.61. The van der Waals surface area contributed by atoms with Crippen LogP contribution >= 0.6 is 11.6 Å². The zero-order valence-electron chi connectivity index (χ0n) is 8.74. The van der Waals surface area contributed by atoms with E-state index in [0.29, 0.717) is 22.8 Å². The van der Waals surface area contributed by atoms with E-state index in [9.17, 15) is 4.39 Å². The van der Waals surface area contributed by atoms with Crippen LogP contribution in [0.3, 0.4) is 0 Å². The van der Waals surface area contributed by atoms with Gasteiger partial charge >= 0.3 is 0 Å². The quantitative estimate of drug-likeness (QED) is 0.819. The highest BCUT2D eigenvalue weighted by Crippen LogP contribution is 2.17. The Hall–Kier alpha value is -1.55. The number of nitrogen functional groups attached to an aromatic ring is 1. The maximum absolute atomic E-state index is 13.0. The lowest BCUT2D eigenvalue weighted by Gasteiger charge is -2.05. The number of hydrogen-bond acceptors (Lipinski definition) is 2. The van der Waals surface area contributed by atoms with Crippen molar-refractivity contribution >= 4 is 17.3 Å². The third-order valence-electron chi connectivity index (χ3n) is 2.32. The molecule has 0 fully saturated rings. The van der Waals surface area contributed by atoms with Crippen LogP contribution in [0.15, 0.2) is 24.4 Å². The fraction of sp³-hybridized carbons (Fsp3) is 0.182. The van der Waals surface area contributed by atoms with Crippen LogP contribution in [0.2, 0.25) is 5.02 Å². The van der Waals surface area contributed by atoms with Gasteiger partial charge in [-0.15, -0.1) is 0 Å². The highest BCUT2D eigenvalue weighted by molar-refractivity contribution is 6.31. The molecule has 0 unspecified atom stereocenters. The smallest absolute Gasteiger partial charge is 0.123 e. The first-order valence-electron chi connectivity index (χ1n) is 4.79. The largest absolute Gasteiger partial charge is 0.398 e. The van der Waals surface area contributed by atoms with Crippen molar-refractivity contribution in [3.63, 3.8) is 0 Å². The van der Waals surface area contributed by atoms with Crippen molar-refractivity contribution in [1.29, 1.82) is 0 Å². The minimum Gasteiger partial charge on any atom is -0.398 e. The third kappa shape index (κ3) is 2.17. The second-order valence-electron chi connectivity index (χ2n) is 3.60. The molecule has 84 valence electrons. The van der Waals surface area contributed by atoms with Crippen LogP contribution in [0.4, 0.5) is 10.1 Å². The van der Waals surface area contributed by atoms with Crippen LogP contribution in [0.5, 0.6) is 0 Å². The normalized spacial score (nSPS) is 10.7. The third-order valence-corrected chi connectivity index (χ3v) is 2.69. The Bertz CT molecular complexity index is 502. The van der Waals surface area contributed by atoms with Gasteiger partial charge in [-0.2, -0.15) is 5.10 Å². The number of anilines is 1. The zero-order valence-corrected chi connectivity index (χ0v) is 9.50. The zero-order chi connectivity index (χ0) is 11.7. The highest BCUT2D eigenvalue weighted by atomic mass is 35.5. The van der Waals surface area contributed by atoms with Crippen molar-refractivity contribution in [2.45, 2.75) is 13.5 Å². The molecular weight excluding hydrogens is 229 g/mol. The van der Waals surface area contributed by atoms with E-state index in [1.54, 1.807) is 16.9 Å². The molecule has 1 aromatic carbocycles. The molecule has 5 heteroatoms. The van der Waals surface area contributed by atoms with Crippen LogP contribution in [-0.2, 0) is 6.54 Å².